The Morgan fingerprint density at radius 2 is 2.15 bits per heavy atom. The summed E-state index contributed by atoms with van der Waals surface area (Å²) in [6, 6.07) is 0. The van der Waals surface area contributed by atoms with Gasteiger partial charge in [0, 0.05) is 12.4 Å². The highest BCUT2D eigenvalue weighted by atomic mass is 16.5. The fourth-order valence-electron chi connectivity index (χ4n) is 0.942. The van der Waals surface area contributed by atoms with Gasteiger partial charge in [-0.15, -0.1) is 0 Å². The van der Waals surface area contributed by atoms with Crippen LogP contribution in [0.4, 0.5) is 0 Å². The maximum Gasteiger partial charge on any atom is 0.0822 e. The van der Waals surface area contributed by atoms with Gasteiger partial charge in [-0.25, -0.2) is 0 Å². The lowest BCUT2D eigenvalue weighted by Gasteiger charge is -2.08. The van der Waals surface area contributed by atoms with E-state index in [2.05, 4.69) is 18.8 Å². The first kappa shape index (κ1) is 12.4. The molecule has 0 aromatic heterocycles. The Morgan fingerprint density at radius 1 is 1.46 bits per heavy atom. The molecule has 13 heavy (non-hydrogen) atoms. The highest BCUT2D eigenvalue weighted by molar-refractivity contribution is 5.59. The monoisotopic (exact) mass is 183 g/mol. The first-order chi connectivity index (χ1) is 6.16. The lowest BCUT2D eigenvalue weighted by Crippen LogP contribution is -2.08. The largest absolute Gasteiger partial charge is 0.373 e. The smallest absolute Gasteiger partial charge is 0.0822 e. The number of nitrogens with zero attached hydrogens (tertiary/aromatic N) is 1. The van der Waals surface area contributed by atoms with Gasteiger partial charge in [0.25, 0.3) is 0 Å². The van der Waals surface area contributed by atoms with Gasteiger partial charge in [-0.3, -0.25) is 4.99 Å². The zero-order valence-corrected chi connectivity index (χ0v) is 9.21. The summed E-state index contributed by atoms with van der Waals surface area (Å²) in [6.07, 6.45) is 6.29. The van der Waals surface area contributed by atoms with Crippen molar-refractivity contribution in [1.29, 1.82) is 0 Å². The van der Waals surface area contributed by atoms with E-state index >= 15 is 0 Å². The summed E-state index contributed by atoms with van der Waals surface area (Å²) >= 11 is 0. The van der Waals surface area contributed by atoms with Crippen LogP contribution in [0, 0.1) is 0 Å². The number of allylic oxidation sites excluding steroid dienone is 1. The van der Waals surface area contributed by atoms with Crippen molar-refractivity contribution in [3.63, 3.8) is 0 Å². The van der Waals surface area contributed by atoms with Crippen molar-refractivity contribution in [2.45, 2.75) is 46.6 Å². The van der Waals surface area contributed by atoms with Gasteiger partial charge in [-0.1, -0.05) is 18.9 Å². The maximum absolute atomic E-state index is 5.49. The van der Waals surface area contributed by atoms with Crippen molar-refractivity contribution in [1.82, 2.24) is 0 Å². The Balaban J connectivity index is 3.44. The normalized spacial score (nSPS) is 13.2. The lowest BCUT2D eigenvalue weighted by atomic mass is 10.2. The Kier molecular flexibility index (Phi) is 7.60. The molecular weight excluding hydrogens is 162 g/mol. The summed E-state index contributed by atoms with van der Waals surface area (Å²) in [6.45, 7) is 8.93. The van der Waals surface area contributed by atoms with Crippen molar-refractivity contribution >= 4 is 6.21 Å². The Labute approximate surface area is 81.7 Å². The van der Waals surface area contributed by atoms with Gasteiger partial charge >= 0.3 is 0 Å². The van der Waals surface area contributed by atoms with Crippen molar-refractivity contribution in [2.24, 2.45) is 4.99 Å². The number of ether oxygens (including phenoxy) is 1. The minimum atomic E-state index is 0.350. The zero-order chi connectivity index (χ0) is 10.1. The van der Waals surface area contributed by atoms with Gasteiger partial charge in [0.05, 0.1) is 12.7 Å². The molecule has 0 spiro atoms. The molecule has 0 saturated heterocycles. The van der Waals surface area contributed by atoms with Crippen molar-refractivity contribution in [2.75, 3.05) is 6.61 Å². The lowest BCUT2D eigenvalue weighted by molar-refractivity contribution is 0.0907. The molecule has 0 saturated carbocycles. The third kappa shape index (κ3) is 9.28. The van der Waals surface area contributed by atoms with Crippen LogP contribution in [0.1, 0.15) is 40.5 Å². The highest BCUT2D eigenvalue weighted by Gasteiger charge is 1.96. The molecule has 2 heteroatoms. The third-order valence-corrected chi connectivity index (χ3v) is 1.59. The second-order valence-electron chi connectivity index (χ2n) is 3.47. The fourth-order valence-corrected chi connectivity index (χ4v) is 0.942. The van der Waals surface area contributed by atoms with Gasteiger partial charge < -0.3 is 4.74 Å². The molecule has 0 fully saturated rings. The molecule has 0 aromatic rings. The van der Waals surface area contributed by atoms with Crippen molar-refractivity contribution in [3.05, 3.63) is 11.8 Å². The van der Waals surface area contributed by atoms with Crippen LogP contribution in [0.15, 0.2) is 16.8 Å². The molecule has 2 nitrogen and oxygen atoms in total. The molecule has 1 unspecified atom stereocenters. The van der Waals surface area contributed by atoms with Crippen LogP contribution in [-0.2, 0) is 4.74 Å². The number of rotatable bonds is 6. The van der Waals surface area contributed by atoms with E-state index in [1.165, 1.54) is 12.0 Å². The Morgan fingerprint density at radius 3 is 2.69 bits per heavy atom. The molecule has 0 aliphatic rings. The second-order valence-corrected chi connectivity index (χ2v) is 3.47. The molecule has 0 amide bonds. The van der Waals surface area contributed by atoms with Crippen molar-refractivity contribution < 1.29 is 4.74 Å². The van der Waals surface area contributed by atoms with Crippen molar-refractivity contribution in [3.8, 4) is 0 Å². The molecule has 0 aliphatic carbocycles. The fraction of sp³-hybridized carbons (Fsp3) is 0.727. The van der Waals surface area contributed by atoms with E-state index in [-0.39, 0.29) is 0 Å². The molecule has 0 aromatic carbocycles. The summed E-state index contributed by atoms with van der Waals surface area (Å²) in [4.78, 5) is 4.09. The molecule has 0 heterocycles. The Hall–Kier alpha value is -0.630. The van der Waals surface area contributed by atoms with E-state index in [1.54, 1.807) is 6.21 Å². The van der Waals surface area contributed by atoms with Gasteiger partial charge in [-0.05, 0) is 27.2 Å². The standard InChI is InChI=1S/C11H21NO/c1-5-6-11(4)13-8-7-12-9-10(2)3/h7,9,11H,5-6,8H2,1-4H3. The van der Waals surface area contributed by atoms with Gasteiger partial charge in [-0.2, -0.15) is 0 Å². The van der Waals surface area contributed by atoms with E-state index in [9.17, 15) is 0 Å². The zero-order valence-electron chi connectivity index (χ0n) is 9.21. The van der Waals surface area contributed by atoms with E-state index in [0.29, 0.717) is 12.7 Å². The molecule has 1 atom stereocenters. The first-order valence-electron chi connectivity index (χ1n) is 4.93. The summed E-state index contributed by atoms with van der Waals surface area (Å²) in [7, 11) is 0. The van der Waals surface area contributed by atoms with Crippen LogP contribution in [0.25, 0.3) is 0 Å². The molecular formula is C11H21NO. The van der Waals surface area contributed by atoms with Gasteiger partial charge in [0.2, 0.25) is 0 Å². The van der Waals surface area contributed by atoms with Crippen LogP contribution in [0.2, 0.25) is 0 Å². The van der Waals surface area contributed by atoms with Crippen LogP contribution in [0.3, 0.4) is 0 Å². The number of aliphatic imine (C=N–C) groups is 1. The highest BCUT2D eigenvalue weighted by Crippen LogP contribution is 1.99. The van der Waals surface area contributed by atoms with Crippen LogP contribution in [0.5, 0.6) is 0 Å². The Bertz CT molecular complexity index is 169. The summed E-state index contributed by atoms with van der Waals surface area (Å²) in [5.41, 5.74) is 1.21. The summed E-state index contributed by atoms with van der Waals surface area (Å²) < 4.78 is 5.49. The molecule has 0 aliphatic heterocycles. The number of hydrogen-bond acceptors (Lipinski definition) is 2. The molecule has 0 bridgehead atoms. The summed E-state index contributed by atoms with van der Waals surface area (Å²) in [5.74, 6) is 0. The predicted octanol–water partition coefficient (Wildman–Crippen LogP) is 3.19. The minimum absolute atomic E-state index is 0.350. The molecule has 76 valence electrons. The predicted molar refractivity (Wildman–Crippen MR) is 58.2 cm³/mol. The van der Waals surface area contributed by atoms with Gasteiger partial charge in [0.15, 0.2) is 0 Å². The minimum Gasteiger partial charge on any atom is -0.373 e. The third-order valence-electron chi connectivity index (χ3n) is 1.59. The first-order valence-corrected chi connectivity index (χ1v) is 4.93. The number of hydrogen-bond donors (Lipinski definition) is 0. The quantitative estimate of drug-likeness (QED) is 0.579. The average Bonchev–Trinajstić information content (AvgIpc) is 2.03. The topological polar surface area (TPSA) is 21.6 Å². The molecule has 0 N–H and O–H groups in total. The van der Waals surface area contributed by atoms with Crippen LogP contribution in [-0.4, -0.2) is 18.9 Å². The average molecular weight is 183 g/mol. The van der Waals surface area contributed by atoms with E-state index in [1.807, 2.05) is 20.0 Å². The van der Waals surface area contributed by atoms with Crippen LogP contribution >= 0.6 is 0 Å². The van der Waals surface area contributed by atoms with E-state index in [0.717, 1.165) is 6.42 Å². The SMILES string of the molecule is CCCC(C)OCC=NC=C(C)C. The van der Waals surface area contributed by atoms with E-state index in [4.69, 9.17) is 4.74 Å². The van der Waals surface area contributed by atoms with Gasteiger partial charge in [0.1, 0.15) is 0 Å². The molecule has 0 radical (unpaired) electrons. The summed E-state index contributed by atoms with van der Waals surface area (Å²) in [5, 5.41) is 0. The maximum atomic E-state index is 5.49. The van der Waals surface area contributed by atoms with E-state index < -0.39 is 0 Å². The van der Waals surface area contributed by atoms with Crippen LogP contribution < -0.4 is 0 Å². The molecule has 0 rings (SSSR count). The second kappa shape index (κ2) is 7.99.